The highest BCUT2D eigenvalue weighted by molar-refractivity contribution is 7.86. The number of nitrogens with zero attached hydrogens (tertiary/aromatic N) is 1. The minimum atomic E-state index is -3.64. The molecule has 0 fully saturated rings. The first kappa shape index (κ1) is 21.4. The van der Waals surface area contributed by atoms with Crippen LogP contribution in [-0.4, -0.2) is 56.0 Å². The van der Waals surface area contributed by atoms with Gasteiger partial charge in [-0.1, -0.05) is 6.07 Å². The van der Waals surface area contributed by atoms with Crippen molar-refractivity contribution < 1.29 is 34.7 Å². The lowest BCUT2D eigenvalue weighted by atomic mass is 10.1. The van der Waals surface area contributed by atoms with Crippen LogP contribution in [0.1, 0.15) is 11.1 Å². The number of likely N-dealkylation sites (N-methyl/N-ethyl adjacent to an activating group) is 1. The molecule has 0 N–H and O–H groups in total. The number of esters is 1. The standard InChI is InChI=1S/C14H21NO8S2/c1-15(8-14(16)21-2)13-6-11(9-22-24(3,17)18)5-12(7-13)10-23-25(4,19)20/h5-7H,8-10H2,1-4H3. The normalized spacial score (nSPS) is 12.0. The maximum Gasteiger partial charge on any atom is 0.325 e. The summed E-state index contributed by atoms with van der Waals surface area (Å²) in [7, 11) is -4.39. The third-order valence-electron chi connectivity index (χ3n) is 2.95. The number of ether oxygens (including phenoxy) is 1. The maximum atomic E-state index is 11.4. The van der Waals surface area contributed by atoms with E-state index in [0.717, 1.165) is 12.5 Å². The van der Waals surface area contributed by atoms with Gasteiger partial charge in [0, 0.05) is 12.7 Å². The SMILES string of the molecule is COC(=O)CN(C)c1cc(COS(C)(=O)=O)cc(COS(C)(=O)=O)c1. The molecule has 0 aliphatic heterocycles. The Morgan fingerprint density at radius 3 is 1.76 bits per heavy atom. The van der Waals surface area contributed by atoms with Crippen molar-refractivity contribution in [3.8, 4) is 0 Å². The number of rotatable bonds is 9. The van der Waals surface area contributed by atoms with E-state index < -0.39 is 26.2 Å². The number of anilines is 1. The van der Waals surface area contributed by atoms with Crippen molar-refractivity contribution in [2.45, 2.75) is 13.2 Å². The minimum absolute atomic E-state index is 0.0424. The van der Waals surface area contributed by atoms with Crippen molar-refractivity contribution in [2.75, 3.05) is 38.1 Å². The van der Waals surface area contributed by atoms with Crippen LogP contribution in [0.4, 0.5) is 5.69 Å². The molecule has 0 saturated carbocycles. The molecule has 0 radical (unpaired) electrons. The molecule has 1 aromatic rings. The fourth-order valence-corrected chi connectivity index (χ4v) is 2.53. The zero-order valence-electron chi connectivity index (χ0n) is 14.4. The molecule has 0 aliphatic rings. The smallest absolute Gasteiger partial charge is 0.325 e. The number of methoxy groups -OCH3 is 1. The molecule has 1 rings (SSSR count). The lowest BCUT2D eigenvalue weighted by molar-refractivity contribution is -0.138. The molecule has 0 saturated heterocycles. The summed E-state index contributed by atoms with van der Waals surface area (Å²) in [6.45, 7) is -0.505. The van der Waals surface area contributed by atoms with Gasteiger partial charge in [0.1, 0.15) is 6.54 Å². The molecule has 0 amide bonds. The first-order chi connectivity index (χ1) is 11.4. The topological polar surface area (TPSA) is 116 Å². The highest BCUT2D eigenvalue weighted by Gasteiger charge is 2.12. The van der Waals surface area contributed by atoms with Crippen LogP contribution in [0.2, 0.25) is 0 Å². The first-order valence-corrected chi connectivity index (χ1v) is 10.6. The van der Waals surface area contributed by atoms with Gasteiger partial charge in [-0.2, -0.15) is 16.8 Å². The highest BCUT2D eigenvalue weighted by Crippen LogP contribution is 2.21. The van der Waals surface area contributed by atoms with Gasteiger partial charge in [0.05, 0.1) is 32.8 Å². The van der Waals surface area contributed by atoms with Gasteiger partial charge in [-0.3, -0.25) is 13.2 Å². The van der Waals surface area contributed by atoms with Crippen LogP contribution in [0, 0.1) is 0 Å². The zero-order valence-corrected chi connectivity index (χ0v) is 16.0. The molecule has 0 unspecified atom stereocenters. The Morgan fingerprint density at radius 1 is 0.960 bits per heavy atom. The Morgan fingerprint density at radius 2 is 1.40 bits per heavy atom. The number of hydrogen-bond acceptors (Lipinski definition) is 9. The Kier molecular flexibility index (Phi) is 7.35. The van der Waals surface area contributed by atoms with Crippen molar-refractivity contribution in [1.82, 2.24) is 0 Å². The van der Waals surface area contributed by atoms with E-state index >= 15 is 0 Å². The molecule has 1 aromatic carbocycles. The van der Waals surface area contributed by atoms with Gasteiger partial charge in [0.15, 0.2) is 0 Å². The van der Waals surface area contributed by atoms with E-state index in [9.17, 15) is 21.6 Å². The molecule has 9 nitrogen and oxygen atoms in total. The molecular formula is C14H21NO8S2. The van der Waals surface area contributed by atoms with Crippen molar-refractivity contribution in [2.24, 2.45) is 0 Å². The number of benzene rings is 1. The van der Waals surface area contributed by atoms with E-state index in [1.54, 1.807) is 30.1 Å². The second-order valence-electron chi connectivity index (χ2n) is 5.37. The van der Waals surface area contributed by atoms with Crippen LogP contribution >= 0.6 is 0 Å². The summed E-state index contributed by atoms with van der Waals surface area (Å²) >= 11 is 0. The molecule has 0 spiro atoms. The van der Waals surface area contributed by atoms with Gasteiger partial charge >= 0.3 is 5.97 Å². The minimum Gasteiger partial charge on any atom is -0.468 e. The molecule has 142 valence electrons. The van der Waals surface area contributed by atoms with Gasteiger partial charge in [0.25, 0.3) is 20.2 Å². The first-order valence-electron chi connectivity index (χ1n) is 6.99. The van der Waals surface area contributed by atoms with E-state index in [1.807, 2.05) is 0 Å². The Balaban J connectivity index is 3.10. The number of hydrogen-bond donors (Lipinski definition) is 0. The van der Waals surface area contributed by atoms with Crippen LogP contribution in [0.15, 0.2) is 18.2 Å². The Hall–Kier alpha value is -1.69. The largest absolute Gasteiger partial charge is 0.468 e. The van der Waals surface area contributed by atoms with Gasteiger partial charge in [0.2, 0.25) is 0 Å². The average molecular weight is 395 g/mol. The lowest BCUT2D eigenvalue weighted by Crippen LogP contribution is -2.26. The summed E-state index contributed by atoms with van der Waals surface area (Å²) in [6, 6.07) is 4.81. The third-order valence-corrected chi connectivity index (χ3v) is 4.04. The predicted molar refractivity (Wildman–Crippen MR) is 91.0 cm³/mol. The number of carbonyl (C=O) groups excluding carboxylic acids is 1. The summed E-state index contributed by atoms with van der Waals surface area (Å²) in [5.41, 5.74) is 1.51. The molecular weight excluding hydrogens is 374 g/mol. The monoisotopic (exact) mass is 395 g/mol. The summed E-state index contributed by atoms with van der Waals surface area (Å²) in [5, 5.41) is 0. The fraction of sp³-hybridized carbons (Fsp3) is 0.500. The molecule has 25 heavy (non-hydrogen) atoms. The summed E-state index contributed by atoms with van der Waals surface area (Å²) in [6.07, 6.45) is 1.85. The lowest BCUT2D eigenvalue weighted by Gasteiger charge is -2.20. The molecule has 0 aliphatic carbocycles. The van der Waals surface area contributed by atoms with Gasteiger partial charge in [-0.25, -0.2) is 0 Å². The van der Waals surface area contributed by atoms with Crippen molar-refractivity contribution in [3.63, 3.8) is 0 Å². The van der Waals surface area contributed by atoms with Crippen LogP contribution in [0.5, 0.6) is 0 Å². The molecule has 11 heteroatoms. The quantitative estimate of drug-likeness (QED) is 0.428. The van der Waals surface area contributed by atoms with E-state index in [-0.39, 0.29) is 19.8 Å². The zero-order chi connectivity index (χ0) is 19.3. The van der Waals surface area contributed by atoms with Gasteiger partial charge < -0.3 is 9.64 Å². The van der Waals surface area contributed by atoms with Gasteiger partial charge in [-0.15, -0.1) is 0 Å². The predicted octanol–water partition coefficient (Wildman–Crippen LogP) is 0.248. The second-order valence-corrected chi connectivity index (χ2v) is 8.66. The molecule has 0 atom stereocenters. The van der Waals surface area contributed by atoms with Crippen LogP contribution in [0.3, 0.4) is 0 Å². The summed E-state index contributed by atoms with van der Waals surface area (Å²) < 4.78 is 58.7. The van der Waals surface area contributed by atoms with Crippen molar-refractivity contribution >= 4 is 31.9 Å². The van der Waals surface area contributed by atoms with Crippen LogP contribution < -0.4 is 4.90 Å². The van der Waals surface area contributed by atoms with Crippen molar-refractivity contribution in [3.05, 3.63) is 29.3 Å². The Bertz CT molecular complexity index is 763. The Labute approximate surface area is 147 Å². The van der Waals surface area contributed by atoms with Crippen LogP contribution in [-0.2, 0) is 51.3 Å². The van der Waals surface area contributed by atoms with E-state index in [0.29, 0.717) is 16.8 Å². The highest BCUT2D eigenvalue weighted by atomic mass is 32.2. The van der Waals surface area contributed by atoms with Crippen LogP contribution in [0.25, 0.3) is 0 Å². The summed E-state index contributed by atoms with van der Waals surface area (Å²) in [4.78, 5) is 13.0. The van der Waals surface area contributed by atoms with E-state index in [4.69, 9.17) is 8.37 Å². The third kappa shape index (κ3) is 8.82. The maximum absolute atomic E-state index is 11.4. The fourth-order valence-electron chi connectivity index (χ4n) is 1.83. The van der Waals surface area contributed by atoms with Crippen molar-refractivity contribution in [1.29, 1.82) is 0 Å². The van der Waals surface area contributed by atoms with E-state index in [2.05, 4.69) is 4.74 Å². The second kappa shape index (κ2) is 8.61. The molecule has 0 heterocycles. The molecule has 0 aromatic heterocycles. The van der Waals surface area contributed by atoms with E-state index in [1.165, 1.54) is 7.11 Å². The summed E-state index contributed by atoms with van der Waals surface area (Å²) in [5.74, 6) is -0.464. The number of carbonyl (C=O) groups is 1. The van der Waals surface area contributed by atoms with Gasteiger partial charge in [-0.05, 0) is 23.3 Å². The average Bonchev–Trinajstić information content (AvgIpc) is 2.49. The molecule has 0 bridgehead atoms.